The highest BCUT2D eigenvalue weighted by Gasteiger charge is 2.00. The Morgan fingerprint density at radius 2 is 2.20 bits per heavy atom. The molecule has 0 heterocycles. The minimum Gasteiger partial charge on any atom is -0.399 e. The Bertz CT molecular complexity index is 220. The molecule has 0 aliphatic carbocycles. The molecule has 0 spiro atoms. The molecule has 1 aromatic carbocycles. The van der Waals surface area contributed by atoms with E-state index in [9.17, 15) is 4.39 Å². The molecule has 0 aliphatic rings. The van der Waals surface area contributed by atoms with Gasteiger partial charge in [-0.3, -0.25) is 0 Å². The maximum absolute atomic E-state index is 12.6. The van der Waals surface area contributed by atoms with E-state index in [1.165, 1.54) is 6.92 Å². The Hall–Kier alpha value is -1.05. The van der Waals surface area contributed by atoms with Crippen molar-refractivity contribution in [2.75, 3.05) is 5.73 Å². The van der Waals surface area contributed by atoms with Crippen LogP contribution in [0.2, 0.25) is 0 Å². The second-order valence-electron chi connectivity index (χ2n) is 2.29. The molecule has 1 nitrogen and oxygen atoms in total. The standard InChI is InChI=1S/C8H10FN/c1-6(9)7-3-2-4-8(10)5-7/h2-6H,10H2,1H3. The molecule has 1 unspecified atom stereocenters. The smallest absolute Gasteiger partial charge is 0.122 e. The Morgan fingerprint density at radius 3 is 2.60 bits per heavy atom. The largest absolute Gasteiger partial charge is 0.399 e. The molecule has 0 aliphatic heterocycles. The van der Waals surface area contributed by atoms with E-state index in [1.54, 1.807) is 24.3 Å². The summed E-state index contributed by atoms with van der Waals surface area (Å²) in [6, 6.07) is 6.86. The predicted octanol–water partition coefficient (Wildman–Crippen LogP) is 2.30. The van der Waals surface area contributed by atoms with Crippen molar-refractivity contribution in [1.29, 1.82) is 0 Å². The molecule has 0 aromatic heterocycles. The molecule has 0 radical (unpaired) electrons. The van der Waals surface area contributed by atoms with Gasteiger partial charge in [-0.05, 0) is 24.6 Å². The summed E-state index contributed by atoms with van der Waals surface area (Å²) in [5.74, 6) is 0. The zero-order valence-corrected chi connectivity index (χ0v) is 5.84. The lowest BCUT2D eigenvalue weighted by molar-refractivity contribution is 0.374. The number of alkyl halides is 1. The van der Waals surface area contributed by atoms with Crippen molar-refractivity contribution in [3.63, 3.8) is 0 Å². The zero-order valence-electron chi connectivity index (χ0n) is 5.84. The van der Waals surface area contributed by atoms with Gasteiger partial charge in [0.2, 0.25) is 0 Å². The maximum Gasteiger partial charge on any atom is 0.122 e. The van der Waals surface area contributed by atoms with Gasteiger partial charge in [0.25, 0.3) is 0 Å². The van der Waals surface area contributed by atoms with E-state index in [0.717, 1.165) is 0 Å². The van der Waals surface area contributed by atoms with Crippen LogP contribution in [0.5, 0.6) is 0 Å². The molecule has 2 N–H and O–H groups in total. The van der Waals surface area contributed by atoms with Crippen molar-refractivity contribution in [1.82, 2.24) is 0 Å². The molecule has 54 valence electrons. The van der Waals surface area contributed by atoms with E-state index in [0.29, 0.717) is 11.3 Å². The lowest BCUT2D eigenvalue weighted by Gasteiger charge is -2.01. The van der Waals surface area contributed by atoms with Gasteiger partial charge in [-0.2, -0.15) is 0 Å². The van der Waals surface area contributed by atoms with E-state index >= 15 is 0 Å². The summed E-state index contributed by atoms with van der Waals surface area (Å²) in [7, 11) is 0. The van der Waals surface area contributed by atoms with Crippen LogP contribution in [0.15, 0.2) is 24.3 Å². The molecule has 10 heavy (non-hydrogen) atoms. The molecule has 0 saturated carbocycles. The summed E-state index contributed by atoms with van der Waals surface area (Å²) in [5, 5.41) is 0. The van der Waals surface area contributed by atoms with E-state index in [4.69, 9.17) is 5.73 Å². The highest BCUT2D eigenvalue weighted by atomic mass is 19.1. The van der Waals surface area contributed by atoms with Crippen LogP contribution in [0.25, 0.3) is 0 Å². The number of rotatable bonds is 1. The average Bonchev–Trinajstić information content (AvgIpc) is 1.88. The fourth-order valence-corrected chi connectivity index (χ4v) is 0.806. The maximum atomic E-state index is 12.6. The highest BCUT2D eigenvalue weighted by Crippen LogP contribution is 2.17. The summed E-state index contributed by atoms with van der Waals surface area (Å²) in [6.45, 7) is 1.49. The van der Waals surface area contributed by atoms with Gasteiger partial charge in [0, 0.05) is 5.69 Å². The molecular weight excluding hydrogens is 129 g/mol. The summed E-state index contributed by atoms with van der Waals surface area (Å²) < 4.78 is 12.6. The highest BCUT2D eigenvalue weighted by molar-refractivity contribution is 5.41. The van der Waals surface area contributed by atoms with Gasteiger partial charge in [-0.15, -0.1) is 0 Å². The van der Waals surface area contributed by atoms with Gasteiger partial charge in [0.1, 0.15) is 6.17 Å². The average molecular weight is 139 g/mol. The second-order valence-corrected chi connectivity index (χ2v) is 2.29. The fraction of sp³-hybridized carbons (Fsp3) is 0.250. The molecule has 0 fully saturated rings. The summed E-state index contributed by atoms with van der Waals surface area (Å²) >= 11 is 0. The van der Waals surface area contributed by atoms with Crippen LogP contribution in [0.1, 0.15) is 18.7 Å². The molecule has 0 amide bonds. The monoisotopic (exact) mass is 139 g/mol. The van der Waals surface area contributed by atoms with Gasteiger partial charge in [-0.1, -0.05) is 12.1 Å². The van der Waals surface area contributed by atoms with E-state index in [1.807, 2.05) is 0 Å². The quantitative estimate of drug-likeness (QED) is 0.593. The van der Waals surface area contributed by atoms with Gasteiger partial charge < -0.3 is 5.73 Å². The first-order chi connectivity index (χ1) is 4.70. The van der Waals surface area contributed by atoms with Gasteiger partial charge in [0.05, 0.1) is 0 Å². The van der Waals surface area contributed by atoms with E-state index in [2.05, 4.69) is 0 Å². The van der Waals surface area contributed by atoms with Crippen molar-refractivity contribution in [2.45, 2.75) is 13.1 Å². The van der Waals surface area contributed by atoms with Crippen molar-refractivity contribution >= 4 is 5.69 Å². The molecule has 0 bridgehead atoms. The normalized spacial score (nSPS) is 13.0. The van der Waals surface area contributed by atoms with Gasteiger partial charge in [-0.25, -0.2) is 4.39 Å². The van der Waals surface area contributed by atoms with Crippen LogP contribution >= 0.6 is 0 Å². The van der Waals surface area contributed by atoms with Crippen molar-refractivity contribution in [3.8, 4) is 0 Å². The molecular formula is C8H10FN. The van der Waals surface area contributed by atoms with E-state index in [-0.39, 0.29) is 0 Å². The number of nitrogens with two attached hydrogens (primary N) is 1. The van der Waals surface area contributed by atoms with Crippen LogP contribution in [0, 0.1) is 0 Å². The van der Waals surface area contributed by atoms with Crippen LogP contribution in [0.4, 0.5) is 10.1 Å². The number of nitrogen functional groups attached to an aromatic ring is 1. The minimum absolute atomic E-state index is 0.613. The minimum atomic E-state index is -0.927. The van der Waals surface area contributed by atoms with Gasteiger partial charge >= 0.3 is 0 Å². The number of hydrogen-bond donors (Lipinski definition) is 1. The fourth-order valence-electron chi connectivity index (χ4n) is 0.806. The first-order valence-electron chi connectivity index (χ1n) is 3.19. The molecule has 2 heteroatoms. The van der Waals surface area contributed by atoms with Crippen LogP contribution < -0.4 is 5.73 Å². The Morgan fingerprint density at radius 1 is 1.50 bits per heavy atom. The number of hydrogen-bond acceptors (Lipinski definition) is 1. The molecule has 0 saturated heterocycles. The third kappa shape index (κ3) is 1.47. The molecule has 1 rings (SSSR count). The Labute approximate surface area is 59.7 Å². The summed E-state index contributed by atoms with van der Waals surface area (Å²) in [4.78, 5) is 0. The second kappa shape index (κ2) is 2.69. The van der Waals surface area contributed by atoms with Crippen LogP contribution in [-0.4, -0.2) is 0 Å². The van der Waals surface area contributed by atoms with E-state index < -0.39 is 6.17 Å². The Balaban J connectivity index is 2.96. The zero-order chi connectivity index (χ0) is 7.56. The summed E-state index contributed by atoms with van der Waals surface area (Å²) in [6.07, 6.45) is -0.927. The number of benzene rings is 1. The number of anilines is 1. The van der Waals surface area contributed by atoms with Crippen molar-refractivity contribution in [3.05, 3.63) is 29.8 Å². The third-order valence-electron chi connectivity index (χ3n) is 1.37. The van der Waals surface area contributed by atoms with Crippen molar-refractivity contribution in [2.24, 2.45) is 0 Å². The molecule has 1 aromatic rings. The predicted molar refractivity (Wildman–Crippen MR) is 40.4 cm³/mol. The SMILES string of the molecule is CC(F)c1cccc(N)c1. The van der Waals surface area contributed by atoms with Gasteiger partial charge in [0.15, 0.2) is 0 Å². The van der Waals surface area contributed by atoms with Crippen molar-refractivity contribution < 1.29 is 4.39 Å². The van der Waals surface area contributed by atoms with Crippen LogP contribution in [-0.2, 0) is 0 Å². The van der Waals surface area contributed by atoms with Crippen LogP contribution in [0.3, 0.4) is 0 Å². The third-order valence-corrected chi connectivity index (χ3v) is 1.37. The Kier molecular flexibility index (Phi) is 1.90. The topological polar surface area (TPSA) is 26.0 Å². The first-order valence-corrected chi connectivity index (χ1v) is 3.19. The molecule has 1 atom stereocenters. The summed E-state index contributed by atoms with van der Waals surface area (Å²) in [5.41, 5.74) is 6.68. The lowest BCUT2D eigenvalue weighted by Crippen LogP contribution is -1.88. The first kappa shape index (κ1) is 7.06. The lowest BCUT2D eigenvalue weighted by atomic mass is 10.1. The number of halogens is 1.